The molecule has 0 saturated heterocycles. The number of hydrogen-bond donors (Lipinski definition) is 0. The summed E-state index contributed by atoms with van der Waals surface area (Å²) in [4.78, 5) is 0. The quantitative estimate of drug-likeness (QED) is 0.621. The Labute approximate surface area is 70.4 Å². The Balaban J connectivity index is 3.24. The highest BCUT2D eigenvalue weighted by Crippen LogP contribution is 2.15. The minimum Gasteiger partial charge on any atom is -0.497 e. The molecule has 0 spiro atoms. The first-order chi connectivity index (χ1) is 5.80. The van der Waals surface area contributed by atoms with Crippen molar-refractivity contribution < 1.29 is 4.74 Å². The van der Waals surface area contributed by atoms with Crippen molar-refractivity contribution in [1.29, 1.82) is 10.5 Å². The van der Waals surface area contributed by atoms with Gasteiger partial charge in [0.1, 0.15) is 5.75 Å². The summed E-state index contributed by atoms with van der Waals surface area (Å²) in [5.74, 6) is 0.533. The molecule has 3 heteroatoms. The smallest absolute Gasteiger partial charge is 0.121 e. The van der Waals surface area contributed by atoms with E-state index in [1.165, 1.54) is 13.2 Å². The summed E-state index contributed by atoms with van der Waals surface area (Å²) >= 11 is 0. The molecule has 0 radical (unpaired) electrons. The van der Waals surface area contributed by atoms with E-state index in [4.69, 9.17) is 15.3 Å². The summed E-state index contributed by atoms with van der Waals surface area (Å²) in [6.07, 6.45) is 0. The lowest BCUT2D eigenvalue weighted by atomic mass is 10.1. The van der Waals surface area contributed by atoms with Crippen LogP contribution in [0.25, 0.3) is 0 Å². The number of ether oxygens (including phenoxy) is 1. The Hall–Kier alpha value is -2.00. The van der Waals surface area contributed by atoms with Crippen LogP contribution < -0.4 is 4.74 Å². The van der Waals surface area contributed by atoms with Gasteiger partial charge in [-0.05, 0) is 18.2 Å². The topological polar surface area (TPSA) is 56.8 Å². The van der Waals surface area contributed by atoms with Crippen LogP contribution in [0.15, 0.2) is 18.2 Å². The molecule has 1 aromatic rings. The number of nitriles is 2. The molecular formula is C9H6N2O. The Morgan fingerprint density at radius 2 is 1.58 bits per heavy atom. The van der Waals surface area contributed by atoms with Gasteiger partial charge in [0.25, 0.3) is 0 Å². The lowest BCUT2D eigenvalue weighted by Crippen LogP contribution is -1.86. The van der Waals surface area contributed by atoms with Crippen LogP contribution in [0.3, 0.4) is 0 Å². The Morgan fingerprint density at radius 1 is 1.08 bits per heavy atom. The molecule has 0 unspecified atom stereocenters. The molecule has 0 saturated carbocycles. The summed E-state index contributed by atoms with van der Waals surface area (Å²) in [5, 5.41) is 17.1. The number of rotatable bonds is 1. The third kappa shape index (κ3) is 1.53. The van der Waals surface area contributed by atoms with Crippen molar-refractivity contribution in [2.75, 3.05) is 7.11 Å². The Morgan fingerprint density at radius 3 is 1.92 bits per heavy atom. The number of hydrogen-bond acceptors (Lipinski definition) is 3. The molecule has 1 rings (SSSR count). The zero-order valence-corrected chi connectivity index (χ0v) is 6.53. The molecule has 0 bridgehead atoms. The fourth-order valence-electron chi connectivity index (χ4n) is 0.846. The maximum absolute atomic E-state index is 8.56. The number of nitrogens with zero attached hydrogens (tertiary/aromatic N) is 2. The second kappa shape index (κ2) is 3.41. The van der Waals surface area contributed by atoms with Crippen molar-refractivity contribution in [1.82, 2.24) is 0 Å². The highest BCUT2D eigenvalue weighted by molar-refractivity contribution is 5.45. The van der Waals surface area contributed by atoms with E-state index in [2.05, 4.69) is 0 Å². The molecule has 0 heterocycles. The fourth-order valence-corrected chi connectivity index (χ4v) is 0.846. The molecule has 0 atom stereocenters. The van der Waals surface area contributed by atoms with Crippen LogP contribution in [0.1, 0.15) is 11.1 Å². The molecule has 0 amide bonds. The summed E-state index contributed by atoms with van der Waals surface area (Å²) in [7, 11) is 1.50. The highest BCUT2D eigenvalue weighted by atomic mass is 16.5. The van der Waals surface area contributed by atoms with Crippen molar-refractivity contribution in [2.24, 2.45) is 0 Å². The zero-order chi connectivity index (χ0) is 8.97. The van der Waals surface area contributed by atoms with Crippen LogP contribution in [0.5, 0.6) is 5.75 Å². The molecule has 3 nitrogen and oxygen atoms in total. The van der Waals surface area contributed by atoms with Gasteiger partial charge in [0, 0.05) is 0 Å². The molecule has 0 aliphatic carbocycles. The first-order valence-corrected chi connectivity index (χ1v) is 3.29. The molecule has 0 aliphatic heterocycles. The van der Waals surface area contributed by atoms with Crippen LogP contribution >= 0.6 is 0 Å². The van der Waals surface area contributed by atoms with Gasteiger partial charge in [-0.2, -0.15) is 10.5 Å². The van der Waals surface area contributed by atoms with Gasteiger partial charge in [-0.1, -0.05) is 0 Å². The van der Waals surface area contributed by atoms with Gasteiger partial charge in [-0.15, -0.1) is 0 Å². The second-order valence-electron chi connectivity index (χ2n) is 2.17. The van der Waals surface area contributed by atoms with Gasteiger partial charge in [-0.3, -0.25) is 0 Å². The van der Waals surface area contributed by atoms with Crippen LogP contribution in [0.4, 0.5) is 0 Å². The third-order valence-corrected chi connectivity index (χ3v) is 1.40. The van der Waals surface area contributed by atoms with Crippen molar-refractivity contribution >= 4 is 0 Å². The minimum atomic E-state index is 0.436. The molecule has 0 fully saturated rings. The molecule has 0 N–H and O–H groups in total. The SMILES string of the molecule is COc1cc(C#N)cc(C#N)c1. The van der Waals surface area contributed by atoms with E-state index in [1.54, 1.807) is 12.1 Å². The Bertz CT molecular complexity index is 339. The average molecular weight is 158 g/mol. The van der Waals surface area contributed by atoms with Crippen LogP contribution in [0.2, 0.25) is 0 Å². The minimum absolute atomic E-state index is 0.436. The van der Waals surface area contributed by atoms with Crippen molar-refractivity contribution in [3.05, 3.63) is 29.3 Å². The fraction of sp³-hybridized carbons (Fsp3) is 0.111. The van der Waals surface area contributed by atoms with Crippen molar-refractivity contribution in [3.63, 3.8) is 0 Å². The predicted molar refractivity (Wildman–Crippen MR) is 42.4 cm³/mol. The van der Waals surface area contributed by atoms with E-state index in [-0.39, 0.29) is 0 Å². The van der Waals surface area contributed by atoms with Gasteiger partial charge in [0.15, 0.2) is 0 Å². The summed E-state index contributed by atoms with van der Waals surface area (Å²) in [5.41, 5.74) is 0.872. The van der Waals surface area contributed by atoms with E-state index in [1.807, 2.05) is 12.1 Å². The predicted octanol–water partition coefficient (Wildman–Crippen LogP) is 1.44. The van der Waals surface area contributed by atoms with E-state index >= 15 is 0 Å². The maximum Gasteiger partial charge on any atom is 0.121 e. The van der Waals surface area contributed by atoms with E-state index in [9.17, 15) is 0 Å². The van der Waals surface area contributed by atoms with Gasteiger partial charge >= 0.3 is 0 Å². The molecule has 0 aromatic heterocycles. The lowest BCUT2D eigenvalue weighted by molar-refractivity contribution is 0.414. The molecule has 0 aliphatic rings. The number of benzene rings is 1. The third-order valence-electron chi connectivity index (χ3n) is 1.40. The molecular weight excluding hydrogens is 152 g/mol. The summed E-state index contributed by atoms with van der Waals surface area (Å²) in [6.45, 7) is 0. The van der Waals surface area contributed by atoms with Crippen LogP contribution in [0, 0.1) is 22.7 Å². The monoisotopic (exact) mass is 158 g/mol. The van der Waals surface area contributed by atoms with E-state index in [0.717, 1.165) is 0 Å². The van der Waals surface area contributed by atoms with Crippen LogP contribution in [-0.4, -0.2) is 7.11 Å². The van der Waals surface area contributed by atoms with E-state index < -0.39 is 0 Å². The Kier molecular flexibility index (Phi) is 2.30. The molecule has 1 aromatic carbocycles. The second-order valence-corrected chi connectivity index (χ2v) is 2.17. The molecule has 58 valence electrons. The lowest BCUT2D eigenvalue weighted by Gasteiger charge is -1.99. The normalized spacial score (nSPS) is 8.25. The van der Waals surface area contributed by atoms with Gasteiger partial charge < -0.3 is 4.74 Å². The molecule has 12 heavy (non-hydrogen) atoms. The largest absolute Gasteiger partial charge is 0.497 e. The van der Waals surface area contributed by atoms with Crippen molar-refractivity contribution in [3.8, 4) is 17.9 Å². The van der Waals surface area contributed by atoms with Gasteiger partial charge in [0.2, 0.25) is 0 Å². The average Bonchev–Trinajstić information content (AvgIpc) is 2.16. The maximum atomic E-state index is 8.56. The first kappa shape index (κ1) is 8.10. The van der Waals surface area contributed by atoms with Gasteiger partial charge in [0.05, 0.1) is 30.4 Å². The summed E-state index contributed by atoms with van der Waals surface area (Å²) in [6, 6.07) is 8.58. The van der Waals surface area contributed by atoms with Crippen molar-refractivity contribution in [2.45, 2.75) is 0 Å². The highest BCUT2D eigenvalue weighted by Gasteiger charge is 1.98. The standard InChI is InChI=1S/C9H6N2O/c1-12-9-3-7(5-10)2-8(4-9)6-11/h2-4H,1H3. The zero-order valence-electron chi connectivity index (χ0n) is 6.53. The van der Waals surface area contributed by atoms with E-state index in [0.29, 0.717) is 16.9 Å². The van der Waals surface area contributed by atoms with Crippen LogP contribution in [-0.2, 0) is 0 Å². The van der Waals surface area contributed by atoms with Gasteiger partial charge in [-0.25, -0.2) is 0 Å². The summed E-state index contributed by atoms with van der Waals surface area (Å²) < 4.78 is 4.90. The first-order valence-electron chi connectivity index (χ1n) is 3.29. The number of methoxy groups -OCH3 is 1.